The molecule has 0 radical (unpaired) electrons. The molecule has 6 heteroatoms. The number of hydrogen-bond acceptors (Lipinski definition) is 4. The van der Waals surface area contributed by atoms with Crippen LogP contribution in [0.3, 0.4) is 0 Å². The largest absolute Gasteiger partial charge is 0.465 e. The lowest BCUT2D eigenvalue weighted by Gasteiger charge is -2.19. The molecular weight excluding hydrogens is 258 g/mol. The maximum atomic E-state index is 11.5. The summed E-state index contributed by atoms with van der Waals surface area (Å²) in [4.78, 5) is 22.5. The van der Waals surface area contributed by atoms with Gasteiger partial charge in [0, 0.05) is 0 Å². The highest BCUT2D eigenvalue weighted by Crippen LogP contribution is 2.01. The maximum Gasteiger partial charge on any atom is 0.323 e. The Morgan fingerprint density at radius 2 is 1.76 bits per heavy atom. The molecule has 0 bridgehead atoms. The predicted molar refractivity (Wildman–Crippen MR) is 79.4 cm³/mol. The minimum Gasteiger partial charge on any atom is -0.465 e. The Hall–Kier alpha value is -0.200. The molecule has 17 heavy (non-hydrogen) atoms. The maximum absolute atomic E-state index is 11.5. The molecule has 1 N–H and O–H groups in total. The molecular formula is C11H25NO3S2. The molecule has 104 valence electrons. The monoisotopic (exact) mass is 283 g/mol. The van der Waals surface area contributed by atoms with Crippen LogP contribution in [-0.2, 0) is 14.3 Å². The quantitative estimate of drug-likeness (QED) is 0.720. The summed E-state index contributed by atoms with van der Waals surface area (Å²) in [6.45, 7) is 7.40. The lowest BCUT2D eigenvalue weighted by molar-refractivity contribution is -0.146. The van der Waals surface area contributed by atoms with Gasteiger partial charge in [-0.2, -0.15) is 27.0 Å². The minimum absolute atomic E-state index is 0. The summed E-state index contributed by atoms with van der Waals surface area (Å²) < 4.78 is 4.92. The Morgan fingerprint density at radius 3 is 2.12 bits per heavy atom. The highest BCUT2D eigenvalue weighted by atomic mass is 32.1. The van der Waals surface area contributed by atoms with Crippen molar-refractivity contribution in [3.05, 3.63) is 0 Å². The molecule has 2 atom stereocenters. The number of nitrogens with one attached hydrogen (secondary N) is 1. The number of hydrogen-bond donors (Lipinski definition) is 1. The van der Waals surface area contributed by atoms with Crippen molar-refractivity contribution in [1.29, 1.82) is 0 Å². The van der Waals surface area contributed by atoms with Crippen LogP contribution < -0.4 is 5.32 Å². The molecule has 0 aromatic carbocycles. The molecule has 0 rings (SSSR count). The Labute approximate surface area is 118 Å². The van der Waals surface area contributed by atoms with Crippen LogP contribution in [0, 0.1) is 0 Å². The number of carbonyl (C=O) groups excluding carboxylic acids is 2. The Balaban J connectivity index is -0.000000980. The molecule has 0 unspecified atom stereocenters. The van der Waals surface area contributed by atoms with Gasteiger partial charge in [0.15, 0.2) is 0 Å². The second kappa shape index (κ2) is 12.3. The first kappa shape index (κ1) is 22.0. The summed E-state index contributed by atoms with van der Waals surface area (Å²) >= 11 is 0. The molecule has 0 saturated heterocycles. The van der Waals surface area contributed by atoms with Gasteiger partial charge in [-0.15, -0.1) is 0 Å². The number of ether oxygens (including phenoxy) is 1. The van der Waals surface area contributed by atoms with E-state index >= 15 is 0 Å². The van der Waals surface area contributed by atoms with E-state index in [0.29, 0.717) is 13.0 Å². The molecule has 0 aromatic rings. The van der Waals surface area contributed by atoms with Gasteiger partial charge in [-0.25, -0.2) is 0 Å². The van der Waals surface area contributed by atoms with Crippen LogP contribution in [-0.4, -0.2) is 30.4 Å². The van der Waals surface area contributed by atoms with E-state index < -0.39 is 0 Å². The fourth-order valence-electron chi connectivity index (χ4n) is 1.22. The van der Waals surface area contributed by atoms with Gasteiger partial charge in [0.2, 0.25) is 0 Å². The van der Waals surface area contributed by atoms with Crippen molar-refractivity contribution in [3.63, 3.8) is 0 Å². The zero-order valence-electron chi connectivity index (χ0n) is 11.0. The highest BCUT2D eigenvalue weighted by molar-refractivity contribution is 7.59. The third-order valence-electron chi connectivity index (χ3n) is 2.21. The van der Waals surface area contributed by atoms with Crippen LogP contribution in [0.2, 0.25) is 0 Å². The summed E-state index contributed by atoms with van der Waals surface area (Å²) in [5, 5.41) is 2.98. The van der Waals surface area contributed by atoms with Gasteiger partial charge in [-0.05, 0) is 27.2 Å². The number of rotatable bonds is 7. The van der Waals surface area contributed by atoms with E-state index in [9.17, 15) is 9.59 Å². The van der Waals surface area contributed by atoms with E-state index in [2.05, 4.69) is 5.32 Å². The summed E-state index contributed by atoms with van der Waals surface area (Å²) in [7, 11) is 0. The first-order valence-corrected chi connectivity index (χ1v) is 5.46. The normalized spacial score (nSPS) is 12.7. The van der Waals surface area contributed by atoms with Gasteiger partial charge >= 0.3 is 5.97 Å². The van der Waals surface area contributed by atoms with Gasteiger partial charge in [-0.3, -0.25) is 14.9 Å². The average Bonchev–Trinajstić information content (AvgIpc) is 2.17. The average molecular weight is 283 g/mol. The molecule has 0 aliphatic rings. The van der Waals surface area contributed by atoms with Gasteiger partial charge in [0.1, 0.15) is 11.8 Å². The second-order valence-electron chi connectivity index (χ2n) is 3.59. The van der Waals surface area contributed by atoms with E-state index in [1.807, 2.05) is 6.92 Å². The Kier molecular flexibility index (Phi) is 15.9. The summed E-state index contributed by atoms with van der Waals surface area (Å²) in [5.74, 6) is -0.243. The predicted octanol–water partition coefficient (Wildman–Crippen LogP) is 1.51. The number of Topliss-reactive ketones (excluding diaryl/α,β-unsaturated/α-hetero) is 1. The fraction of sp³-hybridized carbons (Fsp3) is 0.818. The molecule has 0 aliphatic heterocycles. The third-order valence-corrected chi connectivity index (χ3v) is 2.21. The van der Waals surface area contributed by atoms with Gasteiger partial charge in [0.05, 0.1) is 12.6 Å². The Morgan fingerprint density at radius 1 is 1.24 bits per heavy atom. The smallest absolute Gasteiger partial charge is 0.323 e. The van der Waals surface area contributed by atoms with Crippen LogP contribution in [0.15, 0.2) is 0 Å². The lowest BCUT2D eigenvalue weighted by Crippen LogP contribution is -2.45. The first-order valence-electron chi connectivity index (χ1n) is 5.46. The molecule has 0 saturated carbocycles. The zero-order chi connectivity index (χ0) is 11.8. The minimum atomic E-state index is -0.367. The van der Waals surface area contributed by atoms with Crippen molar-refractivity contribution in [2.24, 2.45) is 0 Å². The van der Waals surface area contributed by atoms with Gasteiger partial charge < -0.3 is 4.74 Å². The van der Waals surface area contributed by atoms with Crippen molar-refractivity contribution in [2.45, 2.75) is 52.6 Å². The van der Waals surface area contributed by atoms with Gasteiger partial charge in [-0.1, -0.05) is 13.3 Å². The molecule has 4 nitrogen and oxygen atoms in total. The summed E-state index contributed by atoms with van der Waals surface area (Å²) in [6.07, 6.45) is 1.57. The van der Waals surface area contributed by atoms with Crippen molar-refractivity contribution in [2.75, 3.05) is 6.61 Å². The van der Waals surface area contributed by atoms with Crippen LogP contribution in [0.4, 0.5) is 0 Å². The molecule has 0 spiro atoms. The highest BCUT2D eigenvalue weighted by Gasteiger charge is 2.21. The molecule has 0 heterocycles. The number of ketones is 1. The van der Waals surface area contributed by atoms with Crippen molar-refractivity contribution >= 4 is 38.7 Å². The molecule has 0 aliphatic carbocycles. The zero-order valence-corrected chi connectivity index (χ0v) is 13.0. The van der Waals surface area contributed by atoms with E-state index in [-0.39, 0.29) is 50.8 Å². The Bertz CT molecular complexity index is 225. The van der Waals surface area contributed by atoms with Crippen molar-refractivity contribution in [3.8, 4) is 0 Å². The standard InChI is InChI=1S/C11H21NO3.2H2S/c1-5-7-10(11(14)15-6-2)12-8(3)9(4)13;;/h8,10,12H,5-7H2,1-4H3;2*1H2/t8-,10-;;/m0../s1. The SMILES string of the molecule is CCC[C@H](N[C@@H](C)C(C)=O)C(=O)OCC.S.S. The molecule has 0 fully saturated rings. The third kappa shape index (κ3) is 9.50. The summed E-state index contributed by atoms with van der Waals surface area (Å²) in [5.41, 5.74) is 0. The van der Waals surface area contributed by atoms with E-state index in [1.165, 1.54) is 6.92 Å². The van der Waals surface area contributed by atoms with Crippen LogP contribution >= 0.6 is 27.0 Å². The molecule has 0 aromatic heterocycles. The van der Waals surface area contributed by atoms with Crippen LogP contribution in [0.1, 0.15) is 40.5 Å². The second-order valence-corrected chi connectivity index (χ2v) is 3.59. The van der Waals surface area contributed by atoms with Crippen molar-refractivity contribution in [1.82, 2.24) is 5.32 Å². The summed E-state index contributed by atoms with van der Waals surface area (Å²) in [6, 6.07) is -0.667. The fourth-order valence-corrected chi connectivity index (χ4v) is 1.22. The topological polar surface area (TPSA) is 55.4 Å². The number of carbonyl (C=O) groups is 2. The van der Waals surface area contributed by atoms with Crippen molar-refractivity contribution < 1.29 is 14.3 Å². The lowest BCUT2D eigenvalue weighted by atomic mass is 10.1. The first-order chi connectivity index (χ1) is 7.02. The van der Waals surface area contributed by atoms with Crippen LogP contribution in [0.5, 0.6) is 0 Å². The van der Waals surface area contributed by atoms with Gasteiger partial charge in [0.25, 0.3) is 0 Å². The number of esters is 1. The van der Waals surface area contributed by atoms with E-state index in [0.717, 1.165) is 6.42 Å². The molecule has 0 amide bonds. The van der Waals surface area contributed by atoms with Crippen LogP contribution in [0.25, 0.3) is 0 Å². The van der Waals surface area contributed by atoms with E-state index in [1.54, 1.807) is 13.8 Å². The van der Waals surface area contributed by atoms with E-state index in [4.69, 9.17) is 4.74 Å².